The van der Waals surface area contributed by atoms with Crippen molar-refractivity contribution in [3.8, 4) is 5.75 Å². The Hall–Kier alpha value is -3.15. The number of benzene rings is 3. The molecule has 4 aromatic rings. The maximum Gasteiger partial charge on any atom is 0.254 e. The molecule has 0 bridgehead atoms. The highest BCUT2D eigenvalue weighted by molar-refractivity contribution is 7.08. The van der Waals surface area contributed by atoms with E-state index < -0.39 is 0 Å². The van der Waals surface area contributed by atoms with E-state index in [1.165, 1.54) is 24.0 Å². The van der Waals surface area contributed by atoms with E-state index in [-0.39, 0.29) is 5.91 Å². The number of hydrogen-bond donors (Lipinski definition) is 0. The quantitative estimate of drug-likeness (QED) is 0.291. The fourth-order valence-electron chi connectivity index (χ4n) is 6.32. The molecule has 6 rings (SSSR count). The number of ether oxygens (including phenoxy) is 1. The minimum atomic E-state index is 0.165. The highest BCUT2D eigenvalue weighted by Gasteiger charge is 2.38. The van der Waals surface area contributed by atoms with E-state index in [1.54, 1.807) is 18.4 Å². The van der Waals surface area contributed by atoms with Crippen LogP contribution in [0.25, 0.3) is 10.8 Å². The molecule has 2 aliphatic heterocycles. The minimum Gasteiger partial charge on any atom is -0.497 e. The Morgan fingerprint density at radius 2 is 1.70 bits per heavy atom. The molecular formula is C32H34N2O2S. The standard InChI is InChI=1S/C32H34N2O2S/c1-36-28-11-9-23(10-12-28)24-13-16-33(17-14-24)19-27-20-34(21-31(27)26-15-18-37-22-26)32(35)30-8-4-6-25-5-2-3-7-29(25)30/h2-12,15,18,22,24,27,31H,13-14,16-17,19-21H2,1H3. The molecule has 2 unspecified atom stereocenters. The topological polar surface area (TPSA) is 32.8 Å². The number of rotatable bonds is 6. The van der Waals surface area contributed by atoms with Gasteiger partial charge in [-0.1, -0.05) is 48.5 Å². The molecule has 4 nitrogen and oxygen atoms in total. The number of hydrogen-bond acceptors (Lipinski definition) is 4. The Labute approximate surface area is 223 Å². The lowest BCUT2D eigenvalue weighted by Gasteiger charge is -2.34. The van der Waals surface area contributed by atoms with Crippen LogP contribution >= 0.6 is 11.3 Å². The van der Waals surface area contributed by atoms with Gasteiger partial charge < -0.3 is 14.5 Å². The largest absolute Gasteiger partial charge is 0.497 e. The number of carbonyl (C=O) groups is 1. The summed E-state index contributed by atoms with van der Waals surface area (Å²) in [5, 5.41) is 6.62. The first-order chi connectivity index (χ1) is 18.2. The summed E-state index contributed by atoms with van der Waals surface area (Å²) in [5.74, 6) is 2.54. The molecule has 2 aliphatic rings. The first kappa shape index (κ1) is 24.2. The van der Waals surface area contributed by atoms with Crippen molar-refractivity contribution in [2.45, 2.75) is 24.7 Å². The van der Waals surface area contributed by atoms with Gasteiger partial charge >= 0.3 is 0 Å². The van der Waals surface area contributed by atoms with Crippen molar-refractivity contribution in [1.29, 1.82) is 0 Å². The first-order valence-corrected chi connectivity index (χ1v) is 14.3. The van der Waals surface area contributed by atoms with Crippen LogP contribution in [0.3, 0.4) is 0 Å². The normalized spacial score (nSPS) is 20.9. The van der Waals surface area contributed by atoms with Gasteiger partial charge in [-0.05, 0) is 94.7 Å². The van der Waals surface area contributed by atoms with Gasteiger partial charge in [-0.2, -0.15) is 11.3 Å². The maximum absolute atomic E-state index is 13.8. The Balaban J connectivity index is 1.15. The highest BCUT2D eigenvalue weighted by atomic mass is 32.1. The van der Waals surface area contributed by atoms with Gasteiger partial charge in [0.2, 0.25) is 0 Å². The molecule has 1 amide bonds. The van der Waals surface area contributed by atoms with Gasteiger partial charge in [0, 0.05) is 31.1 Å². The molecular weight excluding hydrogens is 476 g/mol. The molecule has 190 valence electrons. The van der Waals surface area contributed by atoms with E-state index in [9.17, 15) is 4.79 Å². The fourth-order valence-corrected chi connectivity index (χ4v) is 7.05. The monoisotopic (exact) mass is 510 g/mol. The van der Waals surface area contributed by atoms with Crippen molar-refractivity contribution >= 4 is 28.0 Å². The van der Waals surface area contributed by atoms with Crippen molar-refractivity contribution in [3.63, 3.8) is 0 Å². The van der Waals surface area contributed by atoms with Crippen LogP contribution in [0.2, 0.25) is 0 Å². The third kappa shape index (κ3) is 5.03. The van der Waals surface area contributed by atoms with Crippen LogP contribution in [-0.4, -0.2) is 55.5 Å². The lowest BCUT2D eigenvalue weighted by atomic mass is 9.87. The molecule has 2 atom stereocenters. The second-order valence-electron chi connectivity index (χ2n) is 10.5. The molecule has 0 N–H and O–H groups in total. The van der Waals surface area contributed by atoms with Crippen LogP contribution in [-0.2, 0) is 0 Å². The van der Waals surface area contributed by atoms with Crippen LogP contribution in [0, 0.1) is 5.92 Å². The summed E-state index contributed by atoms with van der Waals surface area (Å²) in [5.41, 5.74) is 3.63. The zero-order chi connectivity index (χ0) is 25.2. The van der Waals surface area contributed by atoms with Gasteiger partial charge in [-0.3, -0.25) is 4.79 Å². The fraction of sp³-hybridized carbons (Fsp3) is 0.344. The summed E-state index contributed by atoms with van der Waals surface area (Å²) in [6.45, 7) is 4.89. The molecule has 0 saturated carbocycles. The lowest BCUT2D eigenvalue weighted by Crippen LogP contribution is -2.38. The van der Waals surface area contributed by atoms with Crippen molar-refractivity contribution < 1.29 is 9.53 Å². The molecule has 3 aromatic carbocycles. The van der Waals surface area contributed by atoms with Crippen LogP contribution in [0.5, 0.6) is 5.75 Å². The van der Waals surface area contributed by atoms with Gasteiger partial charge in [0.05, 0.1) is 7.11 Å². The Kier molecular flexibility index (Phi) is 6.99. The van der Waals surface area contributed by atoms with Crippen LogP contribution in [0.15, 0.2) is 83.6 Å². The lowest BCUT2D eigenvalue weighted by molar-refractivity contribution is 0.0783. The Morgan fingerprint density at radius 1 is 0.919 bits per heavy atom. The highest BCUT2D eigenvalue weighted by Crippen LogP contribution is 2.37. The van der Waals surface area contributed by atoms with Gasteiger partial charge in [-0.15, -0.1) is 0 Å². The third-order valence-electron chi connectivity index (χ3n) is 8.39. The Bertz CT molecular complexity index is 1340. The van der Waals surface area contributed by atoms with E-state index in [4.69, 9.17) is 4.74 Å². The molecule has 2 fully saturated rings. The predicted molar refractivity (Wildman–Crippen MR) is 152 cm³/mol. The van der Waals surface area contributed by atoms with Crippen molar-refractivity contribution in [1.82, 2.24) is 9.80 Å². The molecule has 0 spiro atoms. The van der Waals surface area contributed by atoms with Gasteiger partial charge in [0.15, 0.2) is 0 Å². The number of fused-ring (bicyclic) bond motifs is 1. The summed E-state index contributed by atoms with van der Waals surface area (Å²) in [7, 11) is 1.72. The van der Waals surface area contributed by atoms with E-state index in [1.807, 2.05) is 24.3 Å². The average molecular weight is 511 g/mol. The molecule has 2 saturated heterocycles. The SMILES string of the molecule is COc1ccc(C2CCN(CC3CN(C(=O)c4cccc5ccccc45)CC3c3ccsc3)CC2)cc1. The molecule has 0 radical (unpaired) electrons. The summed E-state index contributed by atoms with van der Waals surface area (Å²) in [6.07, 6.45) is 2.36. The van der Waals surface area contributed by atoms with Gasteiger partial charge in [0.1, 0.15) is 5.75 Å². The maximum atomic E-state index is 13.8. The number of amides is 1. The number of nitrogens with zero attached hydrogens (tertiary/aromatic N) is 2. The number of carbonyl (C=O) groups excluding carboxylic acids is 1. The van der Waals surface area contributed by atoms with Crippen molar-refractivity contribution in [2.24, 2.45) is 5.92 Å². The second kappa shape index (κ2) is 10.7. The number of likely N-dealkylation sites (tertiary alicyclic amines) is 2. The molecule has 1 aromatic heterocycles. The van der Waals surface area contributed by atoms with E-state index in [0.29, 0.717) is 17.8 Å². The van der Waals surface area contributed by atoms with Gasteiger partial charge in [0.25, 0.3) is 5.91 Å². The third-order valence-corrected chi connectivity index (χ3v) is 9.09. The zero-order valence-corrected chi connectivity index (χ0v) is 22.2. The van der Waals surface area contributed by atoms with Crippen LogP contribution in [0.1, 0.15) is 46.2 Å². The van der Waals surface area contributed by atoms with E-state index >= 15 is 0 Å². The Morgan fingerprint density at radius 3 is 2.46 bits per heavy atom. The van der Waals surface area contributed by atoms with Crippen molar-refractivity contribution in [3.05, 3.63) is 100 Å². The van der Waals surface area contributed by atoms with Crippen molar-refractivity contribution in [2.75, 3.05) is 39.8 Å². The van der Waals surface area contributed by atoms with Crippen LogP contribution < -0.4 is 4.74 Å². The van der Waals surface area contributed by atoms with Crippen LogP contribution in [0.4, 0.5) is 0 Å². The summed E-state index contributed by atoms with van der Waals surface area (Å²) >= 11 is 1.76. The number of thiophene rings is 1. The predicted octanol–water partition coefficient (Wildman–Crippen LogP) is 6.65. The summed E-state index contributed by atoms with van der Waals surface area (Å²) in [6, 6.07) is 25.1. The second-order valence-corrected chi connectivity index (χ2v) is 11.3. The zero-order valence-electron chi connectivity index (χ0n) is 21.4. The van der Waals surface area contributed by atoms with E-state index in [0.717, 1.165) is 54.8 Å². The molecule has 0 aliphatic carbocycles. The smallest absolute Gasteiger partial charge is 0.254 e. The molecule has 5 heteroatoms. The first-order valence-electron chi connectivity index (χ1n) is 13.3. The summed E-state index contributed by atoms with van der Waals surface area (Å²) in [4.78, 5) is 18.5. The number of methoxy groups -OCH3 is 1. The average Bonchev–Trinajstić information content (AvgIpc) is 3.63. The number of piperidine rings is 1. The van der Waals surface area contributed by atoms with Gasteiger partial charge in [-0.25, -0.2) is 0 Å². The molecule has 37 heavy (non-hydrogen) atoms. The minimum absolute atomic E-state index is 0.165. The molecule has 3 heterocycles. The van der Waals surface area contributed by atoms with E-state index in [2.05, 4.69) is 69.1 Å². The summed E-state index contributed by atoms with van der Waals surface area (Å²) < 4.78 is 5.33.